The maximum atomic E-state index is 12.7. The van der Waals surface area contributed by atoms with Crippen LogP contribution in [0.4, 0.5) is 0 Å². The van der Waals surface area contributed by atoms with E-state index in [0.717, 1.165) is 24.3 Å². The molecule has 2 bridgehead atoms. The van der Waals surface area contributed by atoms with Gasteiger partial charge >= 0.3 is 5.79 Å². The van der Waals surface area contributed by atoms with Gasteiger partial charge in [-0.25, -0.2) is 0 Å². The van der Waals surface area contributed by atoms with Crippen molar-refractivity contribution in [3.63, 3.8) is 0 Å². The van der Waals surface area contributed by atoms with Crippen LogP contribution in [0.1, 0.15) is 11.1 Å². The summed E-state index contributed by atoms with van der Waals surface area (Å²) in [6, 6.07) is 5.26. The van der Waals surface area contributed by atoms with Gasteiger partial charge in [0, 0.05) is 17.7 Å². The monoisotopic (exact) mass is 334 g/mol. The third kappa shape index (κ3) is 1.60. The van der Waals surface area contributed by atoms with Gasteiger partial charge in [0.1, 0.15) is 22.8 Å². The Hall–Kier alpha value is -3.01. The Balaban J connectivity index is 1.96. The van der Waals surface area contributed by atoms with E-state index < -0.39 is 40.2 Å². The molecule has 2 unspecified atom stereocenters. The Morgan fingerprint density at radius 2 is 1.62 bits per heavy atom. The van der Waals surface area contributed by atoms with Crippen molar-refractivity contribution in [1.29, 1.82) is 0 Å². The summed E-state index contributed by atoms with van der Waals surface area (Å²) in [6.07, 6.45) is 0. The molecule has 124 valence electrons. The summed E-state index contributed by atoms with van der Waals surface area (Å²) in [5.41, 5.74) is -0.492. The lowest BCUT2D eigenvalue weighted by atomic mass is 9.88. The first-order valence-corrected chi connectivity index (χ1v) is 6.70. The van der Waals surface area contributed by atoms with E-state index in [1.165, 1.54) is 6.07 Å². The Morgan fingerprint density at radius 1 is 0.875 bits per heavy atom. The Labute approximate surface area is 133 Å². The van der Waals surface area contributed by atoms with Gasteiger partial charge in [0.25, 0.3) is 11.6 Å². The van der Waals surface area contributed by atoms with Gasteiger partial charge in [0.2, 0.25) is 0 Å². The van der Waals surface area contributed by atoms with Crippen molar-refractivity contribution in [2.75, 3.05) is 0 Å². The molecule has 2 atom stereocenters. The zero-order valence-corrected chi connectivity index (χ0v) is 11.8. The largest absolute Gasteiger partial charge is 0.508 e. The van der Waals surface area contributed by atoms with Crippen LogP contribution in [0.5, 0.6) is 28.7 Å². The number of carbonyl (C=O) groups is 1. The predicted octanol–water partition coefficient (Wildman–Crippen LogP) is 0.430. The molecule has 0 spiro atoms. The number of ketones is 1. The molecule has 5 N–H and O–H groups in total. The summed E-state index contributed by atoms with van der Waals surface area (Å²) < 4.78 is 5.46. The van der Waals surface area contributed by atoms with Gasteiger partial charge in [0.15, 0.2) is 11.5 Å². The van der Waals surface area contributed by atoms with Crippen LogP contribution in [0, 0.1) is 0 Å². The Morgan fingerprint density at radius 3 is 2.33 bits per heavy atom. The number of Topliss-reactive ketones (excluding diaryl/α,β-unsaturated/α-hetero) is 1. The Bertz CT molecular complexity index is 893. The van der Waals surface area contributed by atoms with Crippen molar-refractivity contribution in [3.8, 4) is 28.7 Å². The third-order valence-corrected chi connectivity index (χ3v) is 3.90. The van der Waals surface area contributed by atoms with E-state index in [1.54, 1.807) is 0 Å². The van der Waals surface area contributed by atoms with Crippen LogP contribution in [-0.2, 0) is 26.1 Å². The fourth-order valence-electron chi connectivity index (χ4n) is 2.77. The van der Waals surface area contributed by atoms with Crippen LogP contribution in [0.15, 0.2) is 30.3 Å². The molecule has 2 aliphatic rings. The number of rotatable bonds is 1. The van der Waals surface area contributed by atoms with Crippen LogP contribution >= 0.6 is 0 Å². The average Bonchev–Trinajstić information content (AvgIpc) is 2.68. The van der Waals surface area contributed by atoms with Gasteiger partial charge in [0.05, 0.1) is 0 Å². The van der Waals surface area contributed by atoms with E-state index in [4.69, 9.17) is 14.5 Å². The smallest absolute Gasteiger partial charge is 0.332 e. The number of phenols is 4. The highest BCUT2D eigenvalue weighted by atomic mass is 17.3. The van der Waals surface area contributed by atoms with E-state index in [0.29, 0.717) is 0 Å². The van der Waals surface area contributed by atoms with Gasteiger partial charge in [-0.3, -0.25) is 4.79 Å². The van der Waals surface area contributed by atoms with E-state index in [2.05, 4.69) is 0 Å². The number of phenolic OH excluding ortho intramolecular Hbond substituents is 4. The fraction of sp³-hybridized carbons (Fsp3) is 0.133. The molecule has 4 rings (SSSR count). The molecule has 1 saturated heterocycles. The van der Waals surface area contributed by atoms with Crippen molar-refractivity contribution < 1.29 is 44.8 Å². The maximum absolute atomic E-state index is 12.7. The molecule has 0 aromatic heterocycles. The quantitative estimate of drug-likeness (QED) is 0.370. The molecule has 0 aliphatic carbocycles. The summed E-state index contributed by atoms with van der Waals surface area (Å²) in [5.74, 6) is -8.31. The first-order valence-electron chi connectivity index (χ1n) is 6.70. The van der Waals surface area contributed by atoms with Gasteiger partial charge in [-0.1, -0.05) is 0 Å². The number of aromatic hydroxyl groups is 4. The highest BCUT2D eigenvalue weighted by molar-refractivity contribution is 5.98. The number of fused-ring (bicyclic) bond motifs is 4. The van der Waals surface area contributed by atoms with Crippen molar-refractivity contribution in [1.82, 2.24) is 0 Å². The van der Waals surface area contributed by atoms with Crippen LogP contribution in [0.3, 0.4) is 0 Å². The number of hydrogen-bond donors (Lipinski definition) is 5. The summed E-state index contributed by atoms with van der Waals surface area (Å²) in [4.78, 5) is 22.4. The topological polar surface area (TPSA) is 146 Å². The first-order chi connectivity index (χ1) is 11.3. The second kappa shape index (κ2) is 4.29. The molecule has 0 saturated carbocycles. The zero-order chi connectivity index (χ0) is 17.3. The zero-order valence-electron chi connectivity index (χ0n) is 11.8. The summed E-state index contributed by atoms with van der Waals surface area (Å²) in [6.45, 7) is 0. The minimum atomic E-state index is -2.67. The van der Waals surface area contributed by atoms with E-state index in [1.807, 2.05) is 0 Å². The molecule has 2 aromatic rings. The van der Waals surface area contributed by atoms with E-state index >= 15 is 0 Å². The number of hydrogen-bond acceptors (Lipinski definition) is 9. The third-order valence-electron chi connectivity index (χ3n) is 3.90. The molecule has 0 radical (unpaired) electrons. The lowest BCUT2D eigenvalue weighted by Crippen LogP contribution is -2.49. The first kappa shape index (κ1) is 14.6. The molecule has 24 heavy (non-hydrogen) atoms. The number of ether oxygens (including phenoxy) is 1. The number of carbonyl (C=O) groups excluding carboxylic acids is 1. The fourth-order valence-corrected chi connectivity index (χ4v) is 2.77. The van der Waals surface area contributed by atoms with E-state index in [-0.39, 0.29) is 17.1 Å². The SMILES string of the molecule is O=C1C2(O)OOC1(c1ccc(O)c(O)c1)Oc1cc(O)cc(O)c12. The van der Waals surface area contributed by atoms with Crippen LogP contribution < -0.4 is 4.74 Å². The standard InChI is InChI=1S/C15H10O9/c16-7-4-10(19)12-11(5-7)22-15(13(20)14(12,21)23-24-15)6-1-2-8(17)9(18)3-6/h1-5,16-19,21H. The molecule has 2 heterocycles. The lowest BCUT2D eigenvalue weighted by Gasteiger charge is -2.32. The minimum absolute atomic E-state index is 0.0767. The van der Waals surface area contributed by atoms with Gasteiger partial charge in [-0.05, 0) is 18.2 Å². The lowest BCUT2D eigenvalue weighted by molar-refractivity contribution is -0.419. The molecule has 0 amide bonds. The molecule has 9 nitrogen and oxygen atoms in total. The average molecular weight is 334 g/mol. The van der Waals surface area contributed by atoms with Crippen molar-refractivity contribution in [2.45, 2.75) is 11.6 Å². The van der Waals surface area contributed by atoms with Gasteiger partial charge in [-0.2, -0.15) is 9.78 Å². The highest BCUT2D eigenvalue weighted by Gasteiger charge is 2.69. The second-order valence-corrected chi connectivity index (χ2v) is 5.40. The van der Waals surface area contributed by atoms with Crippen molar-refractivity contribution in [2.24, 2.45) is 0 Å². The molecule has 2 aliphatic heterocycles. The summed E-state index contributed by atoms with van der Waals surface area (Å²) in [7, 11) is 0. The highest BCUT2D eigenvalue weighted by Crippen LogP contribution is 2.56. The molecule has 2 aromatic carbocycles. The van der Waals surface area contributed by atoms with Gasteiger partial charge in [-0.15, -0.1) is 0 Å². The normalized spacial score (nSPS) is 27.6. The van der Waals surface area contributed by atoms with Crippen molar-refractivity contribution in [3.05, 3.63) is 41.5 Å². The number of aliphatic hydroxyl groups is 1. The predicted molar refractivity (Wildman–Crippen MR) is 72.9 cm³/mol. The van der Waals surface area contributed by atoms with Crippen LogP contribution in [0.25, 0.3) is 0 Å². The van der Waals surface area contributed by atoms with Crippen LogP contribution in [0.2, 0.25) is 0 Å². The van der Waals surface area contributed by atoms with E-state index in [9.17, 15) is 30.3 Å². The minimum Gasteiger partial charge on any atom is -0.508 e. The summed E-state index contributed by atoms with van der Waals surface area (Å²) >= 11 is 0. The maximum Gasteiger partial charge on any atom is 0.332 e. The van der Waals surface area contributed by atoms with Crippen molar-refractivity contribution >= 4 is 5.78 Å². The van der Waals surface area contributed by atoms with Crippen LogP contribution in [-0.4, -0.2) is 31.3 Å². The van der Waals surface area contributed by atoms with Gasteiger partial charge < -0.3 is 30.3 Å². The summed E-state index contributed by atoms with van der Waals surface area (Å²) in [5, 5.41) is 49.1. The molecular formula is C15H10O9. The molecule has 9 heteroatoms. The molecular weight excluding hydrogens is 324 g/mol. The number of benzene rings is 2. The second-order valence-electron chi connectivity index (χ2n) is 5.40. The molecule has 1 fully saturated rings. The Kier molecular flexibility index (Phi) is 2.61.